The largest absolute Gasteiger partial charge is 0.398 e. The van der Waals surface area contributed by atoms with Gasteiger partial charge in [-0.1, -0.05) is 12.1 Å². The number of benzene rings is 1. The molecule has 2 heterocycles. The maximum Gasteiger partial charge on any atom is 0.258 e. The van der Waals surface area contributed by atoms with Gasteiger partial charge in [-0.15, -0.1) is 11.8 Å². The van der Waals surface area contributed by atoms with E-state index in [0.29, 0.717) is 11.4 Å². The lowest BCUT2D eigenvalue weighted by atomic mass is 10.2. The Kier molecular flexibility index (Phi) is 3.66. The normalized spacial score (nSPS) is 10.9. The molecule has 0 fully saturated rings. The number of hydrogen-bond donors (Lipinski definition) is 1. The quantitative estimate of drug-likeness (QED) is 0.596. The summed E-state index contributed by atoms with van der Waals surface area (Å²) in [5, 5.41) is 0. The van der Waals surface area contributed by atoms with Gasteiger partial charge in [0.05, 0.1) is 5.69 Å². The number of nitrogens with zero attached hydrogens (tertiary/aromatic N) is 2. The molecule has 3 rings (SSSR count). The highest BCUT2D eigenvalue weighted by Crippen LogP contribution is 2.28. The monoisotopic (exact) mass is 297 g/mol. The molecule has 21 heavy (non-hydrogen) atoms. The molecule has 0 saturated carbocycles. The molecule has 5 heteroatoms. The number of fused-ring (bicyclic) bond motifs is 1. The number of anilines is 1. The van der Waals surface area contributed by atoms with Crippen molar-refractivity contribution in [3.8, 4) is 0 Å². The topological polar surface area (TPSA) is 60.4 Å². The van der Waals surface area contributed by atoms with Crippen molar-refractivity contribution in [2.24, 2.45) is 0 Å². The van der Waals surface area contributed by atoms with Crippen LogP contribution in [-0.2, 0) is 5.75 Å². The van der Waals surface area contributed by atoms with E-state index < -0.39 is 0 Å². The van der Waals surface area contributed by atoms with Crippen molar-refractivity contribution in [2.45, 2.75) is 17.6 Å². The maximum absolute atomic E-state index is 12.0. The first kappa shape index (κ1) is 13.7. The summed E-state index contributed by atoms with van der Waals surface area (Å²) in [5.41, 5.74) is 9.26. The molecule has 3 aromatic rings. The van der Waals surface area contributed by atoms with Crippen molar-refractivity contribution in [2.75, 3.05) is 5.73 Å². The Bertz CT molecular complexity index is 858. The minimum atomic E-state index is -0.0620. The Morgan fingerprint density at radius 3 is 2.90 bits per heavy atom. The van der Waals surface area contributed by atoms with Crippen LogP contribution in [0.3, 0.4) is 0 Å². The van der Waals surface area contributed by atoms with E-state index in [1.807, 2.05) is 43.3 Å². The number of aryl methyl sites for hydroxylation is 1. The fraction of sp³-hybridized carbons (Fsp3) is 0.125. The molecule has 0 amide bonds. The molecular weight excluding hydrogens is 282 g/mol. The molecule has 2 aromatic heterocycles. The van der Waals surface area contributed by atoms with Gasteiger partial charge < -0.3 is 5.73 Å². The Hall–Kier alpha value is -2.27. The van der Waals surface area contributed by atoms with Gasteiger partial charge in [-0.2, -0.15) is 0 Å². The van der Waals surface area contributed by atoms with Gasteiger partial charge in [0.1, 0.15) is 5.65 Å². The first-order chi connectivity index (χ1) is 10.1. The molecule has 2 N–H and O–H groups in total. The van der Waals surface area contributed by atoms with Gasteiger partial charge in [0.25, 0.3) is 5.56 Å². The van der Waals surface area contributed by atoms with Gasteiger partial charge in [-0.3, -0.25) is 9.20 Å². The highest BCUT2D eigenvalue weighted by Gasteiger charge is 2.05. The van der Waals surface area contributed by atoms with E-state index in [-0.39, 0.29) is 5.56 Å². The van der Waals surface area contributed by atoms with Gasteiger partial charge in [0.15, 0.2) is 0 Å². The fourth-order valence-corrected chi connectivity index (χ4v) is 2.97. The van der Waals surface area contributed by atoms with Crippen LogP contribution < -0.4 is 11.3 Å². The molecule has 0 aliphatic carbocycles. The van der Waals surface area contributed by atoms with Crippen LogP contribution in [-0.4, -0.2) is 9.38 Å². The van der Waals surface area contributed by atoms with E-state index in [4.69, 9.17) is 5.73 Å². The molecule has 0 aliphatic rings. The second kappa shape index (κ2) is 5.61. The molecule has 4 nitrogen and oxygen atoms in total. The summed E-state index contributed by atoms with van der Waals surface area (Å²) in [4.78, 5) is 17.5. The number of thioether (sulfide) groups is 1. The molecule has 0 spiro atoms. The summed E-state index contributed by atoms with van der Waals surface area (Å²) >= 11 is 1.59. The summed E-state index contributed by atoms with van der Waals surface area (Å²) in [5.74, 6) is 0.619. The predicted molar refractivity (Wildman–Crippen MR) is 86.6 cm³/mol. The maximum atomic E-state index is 12.0. The van der Waals surface area contributed by atoms with E-state index in [1.54, 1.807) is 24.0 Å². The van der Waals surface area contributed by atoms with Gasteiger partial charge in [-0.25, -0.2) is 4.98 Å². The number of nitrogens with two attached hydrogens (primary N) is 1. The van der Waals surface area contributed by atoms with Crippen molar-refractivity contribution in [3.63, 3.8) is 0 Å². The second-order valence-corrected chi connectivity index (χ2v) is 5.86. The highest BCUT2D eigenvalue weighted by atomic mass is 32.2. The number of pyridine rings is 1. The molecule has 0 saturated heterocycles. The number of rotatable bonds is 3. The Morgan fingerprint density at radius 2 is 2.10 bits per heavy atom. The Morgan fingerprint density at radius 1 is 1.24 bits per heavy atom. The van der Waals surface area contributed by atoms with Crippen molar-refractivity contribution in [1.29, 1.82) is 0 Å². The van der Waals surface area contributed by atoms with Crippen LogP contribution in [0.25, 0.3) is 5.65 Å². The van der Waals surface area contributed by atoms with Crippen LogP contribution in [0.2, 0.25) is 0 Å². The third-order valence-corrected chi connectivity index (χ3v) is 4.29. The van der Waals surface area contributed by atoms with E-state index in [9.17, 15) is 4.79 Å². The minimum absolute atomic E-state index is 0.0620. The van der Waals surface area contributed by atoms with Crippen LogP contribution in [0.1, 0.15) is 11.3 Å². The summed E-state index contributed by atoms with van der Waals surface area (Å²) in [6.45, 7) is 2.01. The van der Waals surface area contributed by atoms with Gasteiger partial charge in [0, 0.05) is 28.6 Å². The summed E-state index contributed by atoms with van der Waals surface area (Å²) in [7, 11) is 0. The van der Waals surface area contributed by atoms with Crippen molar-refractivity contribution >= 4 is 23.1 Å². The Balaban J connectivity index is 1.87. The lowest BCUT2D eigenvalue weighted by molar-refractivity contribution is 1.01. The van der Waals surface area contributed by atoms with E-state index in [0.717, 1.165) is 21.8 Å². The van der Waals surface area contributed by atoms with Crippen LogP contribution >= 0.6 is 11.8 Å². The molecule has 0 unspecified atom stereocenters. The number of hydrogen-bond acceptors (Lipinski definition) is 4. The molecule has 0 aliphatic heterocycles. The Labute approximate surface area is 126 Å². The lowest BCUT2D eigenvalue weighted by Crippen LogP contribution is -2.14. The lowest BCUT2D eigenvalue weighted by Gasteiger charge is -2.07. The van der Waals surface area contributed by atoms with Crippen molar-refractivity contribution in [1.82, 2.24) is 9.38 Å². The zero-order chi connectivity index (χ0) is 14.8. The van der Waals surface area contributed by atoms with Crippen LogP contribution in [0.4, 0.5) is 5.69 Å². The second-order valence-electron chi connectivity index (χ2n) is 4.84. The molecule has 0 bridgehead atoms. The SMILES string of the molecule is Cc1ccc(SCc2cc(=O)n3ccccc3n2)c(N)c1. The van der Waals surface area contributed by atoms with Crippen molar-refractivity contribution < 1.29 is 0 Å². The van der Waals surface area contributed by atoms with Gasteiger partial charge in [0.2, 0.25) is 0 Å². The molecule has 106 valence electrons. The minimum Gasteiger partial charge on any atom is -0.398 e. The summed E-state index contributed by atoms with van der Waals surface area (Å²) in [6, 6.07) is 13.1. The van der Waals surface area contributed by atoms with Crippen molar-refractivity contribution in [3.05, 3.63) is 70.3 Å². The standard InChI is InChI=1S/C16H15N3OS/c1-11-5-6-14(13(17)8-11)21-10-12-9-16(20)19-7-3-2-4-15(19)18-12/h2-9H,10,17H2,1H3. The predicted octanol–water partition coefficient (Wildman–Crippen LogP) is 2.88. The van der Waals surface area contributed by atoms with Gasteiger partial charge in [-0.05, 0) is 36.8 Å². The average Bonchev–Trinajstić information content (AvgIpc) is 2.46. The first-order valence-corrected chi connectivity index (χ1v) is 7.58. The van der Waals surface area contributed by atoms with Crippen LogP contribution in [0.5, 0.6) is 0 Å². The first-order valence-electron chi connectivity index (χ1n) is 6.60. The van der Waals surface area contributed by atoms with Gasteiger partial charge >= 0.3 is 0 Å². The zero-order valence-corrected chi connectivity index (χ0v) is 12.4. The average molecular weight is 297 g/mol. The number of nitrogen functional groups attached to an aromatic ring is 1. The van der Waals surface area contributed by atoms with Crippen LogP contribution in [0, 0.1) is 6.92 Å². The zero-order valence-electron chi connectivity index (χ0n) is 11.6. The summed E-state index contributed by atoms with van der Waals surface area (Å²) < 4.78 is 1.54. The van der Waals surface area contributed by atoms with E-state index in [1.165, 1.54) is 4.40 Å². The highest BCUT2D eigenvalue weighted by molar-refractivity contribution is 7.98. The number of aromatic nitrogens is 2. The molecule has 0 radical (unpaired) electrons. The van der Waals surface area contributed by atoms with E-state index >= 15 is 0 Å². The summed E-state index contributed by atoms with van der Waals surface area (Å²) in [6.07, 6.45) is 1.72. The third kappa shape index (κ3) is 2.92. The molecule has 0 atom stereocenters. The molecule has 1 aromatic carbocycles. The smallest absolute Gasteiger partial charge is 0.258 e. The van der Waals surface area contributed by atoms with Crippen LogP contribution in [0.15, 0.2) is 58.4 Å². The van der Waals surface area contributed by atoms with E-state index in [2.05, 4.69) is 4.98 Å². The fourth-order valence-electron chi connectivity index (χ4n) is 2.13. The molecular formula is C16H15N3OS. The third-order valence-electron chi connectivity index (χ3n) is 3.16.